The van der Waals surface area contributed by atoms with Crippen LogP contribution in [0.5, 0.6) is 0 Å². The summed E-state index contributed by atoms with van der Waals surface area (Å²) < 4.78 is 31.8. The molecule has 1 aromatic rings. The fourth-order valence-electron chi connectivity index (χ4n) is 2.02. The molecule has 1 aromatic carbocycles. The summed E-state index contributed by atoms with van der Waals surface area (Å²) in [7, 11) is 0. The Kier molecular flexibility index (Phi) is 3.74. The molecule has 17 heavy (non-hydrogen) atoms. The molecule has 0 spiro atoms. The summed E-state index contributed by atoms with van der Waals surface area (Å²) in [6, 6.07) is 3.22. The summed E-state index contributed by atoms with van der Waals surface area (Å²) in [5.74, 6) is -1.07. The van der Waals surface area contributed by atoms with Crippen LogP contribution in [0, 0.1) is 17.6 Å². The van der Waals surface area contributed by atoms with E-state index in [4.69, 9.17) is 4.74 Å². The molecule has 4 heteroatoms. The van der Waals surface area contributed by atoms with Gasteiger partial charge in [-0.2, -0.15) is 0 Å². The molecule has 2 rings (SSSR count). The number of aliphatic hydroxyl groups is 1. The lowest BCUT2D eigenvalue weighted by Gasteiger charge is -2.23. The summed E-state index contributed by atoms with van der Waals surface area (Å²) in [6.07, 6.45) is 0.567. The van der Waals surface area contributed by atoms with E-state index >= 15 is 0 Å². The van der Waals surface area contributed by atoms with Crippen molar-refractivity contribution < 1.29 is 18.6 Å². The van der Waals surface area contributed by atoms with Crippen molar-refractivity contribution in [3.63, 3.8) is 0 Å². The van der Waals surface area contributed by atoms with Gasteiger partial charge in [-0.05, 0) is 31.7 Å². The van der Waals surface area contributed by atoms with Crippen LogP contribution in [0.2, 0.25) is 0 Å². The Hall–Kier alpha value is -1.00. The number of hydrogen-bond donors (Lipinski definition) is 1. The molecule has 0 aliphatic heterocycles. The number of aliphatic hydroxyl groups excluding tert-OH is 1. The van der Waals surface area contributed by atoms with Gasteiger partial charge in [0.15, 0.2) is 0 Å². The van der Waals surface area contributed by atoms with Crippen molar-refractivity contribution >= 4 is 0 Å². The average Bonchev–Trinajstić information content (AvgIpc) is 3.09. The first-order chi connectivity index (χ1) is 8.13. The molecule has 2 nitrogen and oxygen atoms in total. The molecule has 1 N–H and O–H groups in total. The smallest absolute Gasteiger partial charge is 0.132 e. The molecule has 0 radical (unpaired) electrons. The lowest BCUT2D eigenvalue weighted by Crippen LogP contribution is -2.25. The zero-order valence-electron chi connectivity index (χ0n) is 9.70. The maximum Gasteiger partial charge on any atom is 0.132 e. The first-order valence-corrected chi connectivity index (χ1v) is 5.88. The molecule has 0 bridgehead atoms. The van der Waals surface area contributed by atoms with Crippen molar-refractivity contribution in [2.45, 2.75) is 32.0 Å². The van der Waals surface area contributed by atoms with Crippen molar-refractivity contribution in [3.8, 4) is 0 Å². The minimum Gasteiger partial charge on any atom is -0.386 e. The van der Waals surface area contributed by atoms with Crippen molar-refractivity contribution in [3.05, 3.63) is 35.4 Å². The minimum absolute atomic E-state index is 0.108. The SMILES string of the molecule is CCOC(C1CC1)C(O)c1ccc(F)cc1F. The van der Waals surface area contributed by atoms with Crippen LogP contribution < -0.4 is 0 Å². The van der Waals surface area contributed by atoms with E-state index < -0.39 is 17.7 Å². The summed E-state index contributed by atoms with van der Waals surface area (Å²) >= 11 is 0. The second kappa shape index (κ2) is 5.10. The summed E-state index contributed by atoms with van der Waals surface area (Å²) in [5, 5.41) is 10.1. The highest BCUT2D eigenvalue weighted by Crippen LogP contribution is 2.40. The van der Waals surface area contributed by atoms with Gasteiger partial charge in [-0.3, -0.25) is 0 Å². The standard InChI is InChI=1S/C13H16F2O2/c1-2-17-13(8-3-4-8)12(16)10-6-5-9(14)7-11(10)15/h5-8,12-13,16H,2-4H2,1H3. The van der Waals surface area contributed by atoms with Gasteiger partial charge in [0.25, 0.3) is 0 Å². The first-order valence-electron chi connectivity index (χ1n) is 5.88. The highest BCUT2D eigenvalue weighted by molar-refractivity contribution is 5.22. The zero-order chi connectivity index (χ0) is 12.4. The second-order valence-corrected chi connectivity index (χ2v) is 4.37. The van der Waals surface area contributed by atoms with Gasteiger partial charge in [-0.1, -0.05) is 6.07 Å². The Labute approximate surface area is 99.2 Å². The Morgan fingerprint density at radius 2 is 2.12 bits per heavy atom. The normalized spacial score (nSPS) is 19.1. The lowest BCUT2D eigenvalue weighted by molar-refractivity contribution is -0.0475. The van der Waals surface area contributed by atoms with E-state index in [-0.39, 0.29) is 17.6 Å². The van der Waals surface area contributed by atoms with Crippen LogP contribution in [-0.2, 0) is 4.74 Å². The molecule has 1 saturated carbocycles. The molecule has 1 aliphatic carbocycles. The third-order valence-corrected chi connectivity index (χ3v) is 3.04. The van der Waals surface area contributed by atoms with Gasteiger partial charge in [-0.15, -0.1) is 0 Å². The Morgan fingerprint density at radius 1 is 1.41 bits per heavy atom. The van der Waals surface area contributed by atoms with Crippen LogP contribution in [0.15, 0.2) is 18.2 Å². The third-order valence-electron chi connectivity index (χ3n) is 3.04. The van der Waals surface area contributed by atoms with E-state index in [1.54, 1.807) is 0 Å². The van der Waals surface area contributed by atoms with Crippen LogP contribution in [0.1, 0.15) is 31.4 Å². The zero-order valence-corrected chi connectivity index (χ0v) is 9.70. The van der Waals surface area contributed by atoms with Crippen molar-refractivity contribution in [1.29, 1.82) is 0 Å². The number of hydrogen-bond acceptors (Lipinski definition) is 2. The van der Waals surface area contributed by atoms with Gasteiger partial charge in [0.2, 0.25) is 0 Å². The molecule has 1 aliphatic rings. The summed E-state index contributed by atoms with van der Waals surface area (Å²) in [4.78, 5) is 0. The van der Waals surface area contributed by atoms with E-state index in [9.17, 15) is 13.9 Å². The van der Waals surface area contributed by atoms with E-state index in [0.717, 1.165) is 25.0 Å². The Bertz CT molecular complexity index is 391. The second-order valence-electron chi connectivity index (χ2n) is 4.37. The predicted molar refractivity (Wildman–Crippen MR) is 59.5 cm³/mol. The van der Waals surface area contributed by atoms with E-state index in [2.05, 4.69) is 0 Å². The molecular weight excluding hydrogens is 226 g/mol. The minimum atomic E-state index is -1.02. The van der Waals surface area contributed by atoms with E-state index in [1.165, 1.54) is 6.07 Å². The highest BCUT2D eigenvalue weighted by atomic mass is 19.1. The molecule has 0 saturated heterocycles. The van der Waals surface area contributed by atoms with Crippen molar-refractivity contribution in [1.82, 2.24) is 0 Å². The van der Waals surface area contributed by atoms with Crippen molar-refractivity contribution in [2.24, 2.45) is 5.92 Å². The fraction of sp³-hybridized carbons (Fsp3) is 0.538. The lowest BCUT2D eigenvalue weighted by atomic mass is 10.0. The van der Waals surface area contributed by atoms with Gasteiger partial charge in [0, 0.05) is 18.2 Å². The van der Waals surface area contributed by atoms with Gasteiger partial charge in [0.05, 0.1) is 6.10 Å². The molecule has 2 unspecified atom stereocenters. The molecule has 94 valence electrons. The molecular formula is C13H16F2O2. The van der Waals surface area contributed by atoms with E-state index in [0.29, 0.717) is 6.61 Å². The largest absolute Gasteiger partial charge is 0.386 e. The number of benzene rings is 1. The molecule has 0 aromatic heterocycles. The third kappa shape index (κ3) is 2.82. The van der Waals surface area contributed by atoms with Gasteiger partial charge in [-0.25, -0.2) is 8.78 Å². The predicted octanol–water partition coefficient (Wildman–Crippen LogP) is 2.81. The number of rotatable bonds is 5. The van der Waals surface area contributed by atoms with Gasteiger partial charge < -0.3 is 9.84 Å². The number of halogens is 2. The Balaban J connectivity index is 2.18. The van der Waals surface area contributed by atoms with E-state index in [1.807, 2.05) is 6.92 Å². The average molecular weight is 242 g/mol. The summed E-state index contributed by atoms with van der Waals surface area (Å²) in [6.45, 7) is 2.31. The van der Waals surface area contributed by atoms with Gasteiger partial charge in [0.1, 0.15) is 17.7 Å². The first kappa shape index (κ1) is 12.5. The Morgan fingerprint density at radius 3 is 2.65 bits per heavy atom. The summed E-state index contributed by atoms with van der Waals surface area (Å²) in [5.41, 5.74) is 0.108. The molecule has 1 fully saturated rings. The maximum atomic E-state index is 13.5. The molecule has 2 atom stereocenters. The topological polar surface area (TPSA) is 29.5 Å². The van der Waals surface area contributed by atoms with Crippen LogP contribution in [0.4, 0.5) is 8.78 Å². The number of ether oxygens (including phenoxy) is 1. The van der Waals surface area contributed by atoms with Crippen molar-refractivity contribution in [2.75, 3.05) is 6.61 Å². The van der Waals surface area contributed by atoms with Crippen LogP contribution in [0.25, 0.3) is 0 Å². The molecule has 0 heterocycles. The highest BCUT2D eigenvalue weighted by Gasteiger charge is 2.38. The van der Waals surface area contributed by atoms with Gasteiger partial charge >= 0.3 is 0 Å². The maximum absolute atomic E-state index is 13.5. The molecule has 0 amide bonds. The van der Waals surface area contributed by atoms with Crippen LogP contribution >= 0.6 is 0 Å². The monoisotopic (exact) mass is 242 g/mol. The quantitative estimate of drug-likeness (QED) is 0.860. The fourth-order valence-corrected chi connectivity index (χ4v) is 2.02. The van der Waals surface area contributed by atoms with Crippen LogP contribution in [0.3, 0.4) is 0 Å². The van der Waals surface area contributed by atoms with Crippen LogP contribution in [-0.4, -0.2) is 17.8 Å².